The van der Waals surface area contributed by atoms with Crippen molar-refractivity contribution < 1.29 is 28.5 Å². The van der Waals surface area contributed by atoms with Gasteiger partial charge in [0.05, 0.1) is 40.2 Å². The number of carbonyl (C=O) groups is 2. The molecule has 8 heteroatoms. The second-order valence-electron chi connectivity index (χ2n) is 6.81. The van der Waals surface area contributed by atoms with Crippen molar-refractivity contribution in [1.82, 2.24) is 0 Å². The summed E-state index contributed by atoms with van der Waals surface area (Å²) in [7, 11) is 5.98. The van der Waals surface area contributed by atoms with Gasteiger partial charge in [-0.3, -0.25) is 9.59 Å². The number of ether oxygens (including phenoxy) is 4. The van der Waals surface area contributed by atoms with Crippen LogP contribution in [0.15, 0.2) is 35.9 Å². The lowest BCUT2D eigenvalue weighted by molar-refractivity contribution is -0.117. The summed E-state index contributed by atoms with van der Waals surface area (Å²) in [5, 5.41) is 2.73. The van der Waals surface area contributed by atoms with Crippen molar-refractivity contribution in [3.63, 3.8) is 0 Å². The molecule has 0 aromatic heterocycles. The third kappa shape index (κ3) is 5.55. The Kier molecular flexibility index (Phi) is 8.04. The Bertz CT molecular complexity index is 973. The molecule has 0 aliphatic carbocycles. The largest absolute Gasteiger partial charge is 0.495 e. The molecule has 1 unspecified atom stereocenters. The van der Waals surface area contributed by atoms with Crippen molar-refractivity contribution in [3.05, 3.63) is 47.0 Å². The van der Waals surface area contributed by atoms with Crippen LogP contribution >= 0.6 is 0 Å². The van der Waals surface area contributed by atoms with Crippen LogP contribution in [0.1, 0.15) is 29.8 Å². The SMILES string of the molecule is COc1ccc(C=C(C)C(=O)c2cc(OC)c(OC)c(OC)c2)cc1NC(=O)C(C)N. The topological polar surface area (TPSA) is 109 Å². The summed E-state index contributed by atoms with van der Waals surface area (Å²) in [5.74, 6) is 1.13. The monoisotopic (exact) mass is 428 g/mol. The first-order valence-corrected chi connectivity index (χ1v) is 9.53. The first-order chi connectivity index (χ1) is 14.7. The lowest BCUT2D eigenvalue weighted by atomic mass is 10.0. The van der Waals surface area contributed by atoms with Crippen molar-refractivity contribution in [1.29, 1.82) is 0 Å². The van der Waals surface area contributed by atoms with E-state index in [-0.39, 0.29) is 11.7 Å². The normalized spacial score (nSPS) is 12.0. The number of nitrogens with one attached hydrogen (secondary N) is 1. The van der Waals surface area contributed by atoms with Crippen molar-refractivity contribution >= 4 is 23.5 Å². The van der Waals surface area contributed by atoms with Gasteiger partial charge in [0, 0.05) is 5.56 Å². The zero-order chi connectivity index (χ0) is 23.1. The zero-order valence-electron chi connectivity index (χ0n) is 18.6. The molecule has 2 aromatic rings. The van der Waals surface area contributed by atoms with E-state index in [2.05, 4.69) is 5.32 Å². The first-order valence-electron chi connectivity index (χ1n) is 9.53. The van der Waals surface area contributed by atoms with Gasteiger partial charge in [-0.15, -0.1) is 0 Å². The fraction of sp³-hybridized carbons (Fsp3) is 0.304. The quantitative estimate of drug-likeness (QED) is 0.466. The average Bonchev–Trinajstić information content (AvgIpc) is 2.77. The van der Waals surface area contributed by atoms with Crippen LogP contribution in [0.4, 0.5) is 5.69 Å². The van der Waals surface area contributed by atoms with Gasteiger partial charge in [-0.25, -0.2) is 0 Å². The molecular weight excluding hydrogens is 400 g/mol. The number of hydrogen-bond acceptors (Lipinski definition) is 7. The van der Waals surface area contributed by atoms with E-state index in [0.29, 0.717) is 45.4 Å². The summed E-state index contributed by atoms with van der Waals surface area (Å²) >= 11 is 0. The zero-order valence-corrected chi connectivity index (χ0v) is 18.6. The minimum atomic E-state index is -0.674. The molecule has 0 bridgehead atoms. The molecule has 0 fully saturated rings. The number of rotatable bonds is 9. The first kappa shape index (κ1) is 23.8. The summed E-state index contributed by atoms with van der Waals surface area (Å²) in [4.78, 5) is 25.0. The van der Waals surface area contributed by atoms with Crippen LogP contribution in [0.25, 0.3) is 6.08 Å². The predicted octanol–water partition coefficient (Wildman–Crippen LogP) is 3.29. The molecule has 0 radical (unpaired) electrons. The van der Waals surface area contributed by atoms with Crippen LogP contribution in [-0.4, -0.2) is 46.2 Å². The number of ketones is 1. The molecule has 0 spiro atoms. The van der Waals surface area contributed by atoms with Gasteiger partial charge in [0.2, 0.25) is 11.7 Å². The molecule has 3 N–H and O–H groups in total. The Morgan fingerprint density at radius 1 is 0.935 bits per heavy atom. The fourth-order valence-corrected chi connectivity index (χ4v) is 2.92. The Morgan fingerprint density at radius 2 is 1.52 bits per heavy atom. The van der Waals surface area contributed by atoms with E-state index in [1.165, 1.54) is 28.4 Å². The van der Waals surface area contributed by atoms with E-state index in [1.807, 2.05) is 0 Å². The molecule has 0 heterocycles. The highest BCUT2D eigenvalue weighted by Gasteiger charge is 2.18. The number of nitrogens with two attached hydrogens (primary N) is 1. The van der Waals surface area contributed by atoms with Crippen LogP contribution in [-0.2, 0) is 4.79 Å². The number of methoxy groups -OCH3 is 4. The number of amides is 1. The van der Waals surface area contributed by atoms with E-state index in [1.54, 1.807) is 50.3 Å². The van der Waals surface area contributed by atoms with Crippen molar-refractivity contribution in [2.24, 2.45) is 5.73 Å². The van der Waals surface area contributed by atoms with E-state index in [4.69, 9.17) is 24.7 Å². The van der Waals surface area contributed by atoms with Gasteiger partial charge in [-0.05, 0) is 55.3 Å². The Hall–Kier alpha value is -3.52. The van der Waals surface area contributed by atoms with E-state index < -0.39 is 6.04 Å². The highest BCUT2D eigenvalue weighted by atomic mass is 16.5. The molecule has 8 nitrogen and oxygen atoms in total. The van der Waals surface area contributed by atoms with Gasteiger partial charge in [0.1, 0.15) is 5.75 Å². The summed E-state index contributed by atoms with van der Waals surface area (Å²) in [6.07, 6.45) is 1.71. The maximum atomic E-state index is 13.0. The van der Waals surface area contributed by atoms with Crippen molar-refractivity contribution in [2.45, 2.75) is 19.9 Å². The summed E-state index contributed by atoms with van der Waals surface area (Å²) in [6.45, 7) is 3.29. The van der Waals surface area contributed by atoms with Crippen LogP contribution in [0.5, 0.6) is 23.0 Å². The summed E-state index contributed by atoms with van der Waals surface area (Å²) in [5.41, 5.74) is 7.67. The molecule has 31 heavy (non-hydrogen) atoms. The molecular formula is C23H28N2O6. The fourth-order valence-electron chi connectivity index (χ4n) is 2.92. The number of anilines is 1. The van der Waals surface area contributed by atoms with Crippen LogP contribution in [0.2, 0.25) is 0 Å². The second-order valence-corrected chi connectivity index (χ2v) is 6.81. The molecule has 0 aliphatic heterocycles. The molecule has 166 valence electrons. The van der Waals surface area contributed by atoms with Gasteiger partial charge in [-0.1, -0.05) is 6.07 Å². The van der Waals surface area contributed by atoms with E-state index in [0.717, 1.165) is 0 Å². The molecule has 1 amide bonds. The highest BCUT2D eigenvalue weighted by molar-refractivity contribution is 6.11. The number of allylic oxidation sites excluding steroid dienone is 1. The van der Waals surface area contributed by atoms with Gasteiger partial charge in [0.25, 0.3) is 0 Å². The maximum absolute atomic E-state index is 13.0. The minimum absolute atomic E-state index is 0.212. The maximum Gasteiger partial charge on any atom is 0.241 e. The van der Waals surface area contributed by atoms with Crippen molar-refractivity contribution in [3.8, 4) is 23.0 Å². The number of carbonyl (C=O) groups excluding carboxylic acids is 2. The standard InChI is InChI=1S/C23H28N2O6/c1-13(21(26)16-11-19(29-4)22(31-6)20(12-16)30-5)9-15-7-8-18(28-3)17(10-15)25-23(27)14(2)24/h7-12,14H,24H2,1-6H3,(H,25,27). The third-order valence-electron chi connectivity index (χ3n) is 4.56. The van der Waals surface area contributed by atoms with E-state index >= 15 is 0 Å². The van der Waals surface area contributed by atoms with Gasteiger partial charge in [0.15, 0.2) is 17.3 Å². The number of benzene rings is 2. The van der Waals surface area contributed by atoms with E-state index in [9.17, 15) is 9.59 Å². The lowest BCUT2D eigenvalue weighted by Crippen LogP contribution is -2.32. The summed E-state index contributed by atoms with van der Waals surface area (Å²) in [6, 6.07) is 7.73. The molecule has 2 aromatic carbocycles. The smallest absolute Gasteiger partial charge is 0.241 e. The van der Waals surface area contributed by atoms with Crippen LogP contribution < -0.4 is 30.0 Å². The van der Waals surface area contributed by atoms with Crippen LogP contribution in [0.3, 0.4) is 0 Å². The van der Waals surface area contributed by atoms with Gasteiger partial charge < -0.3 is 30.0 Å². The van der Waals surface area contributed by atoms with Gasteiger partial charge >= 0.3 is 0 Å². The molecule has 0 saturated heterocycles. The Labute approximate surface area is 181 Å². The summed E-state index contributed by atoms with van der Waals surface area (Å²) < 4.78 is 21.2. The molecule has 0 saturated carbocycles. The second kappa shape index (κ2) is 10.5. The third-order valence-corrected chi connectivity index (χ3v) is 4.56. The molecule has 2 rings (SSSR count). The number of Topliss-reactive ketones (excluding diaryl/α,β-unsaturated/α-hetero) is 1. The van der Waals surface area contributed by atoms with Gasteiger partial charge in [-0.2, -0.15) is 0 Å². The van der Waals surface area contributed by atoms with Crippen LogP contribution in [0, 0.1) is 0 Å². The Morgan fingerprint density at radius 3 is 2.00 bits per heavy atom. The molecule has 1 atom stereocenters. The lowest BCUT2D eigenvalue weighted by Gasteiger charge is -2.14. The predicted molar refractivity (Wildman–Crippen MR) is 119 cm³/mol. The minimum Gasteiger partial charge on any atom is -0.495 e. The average molecular weight is 428 g/mol. The highest BCUT2D eigenvalue weighted by Crippen LogP contribution is 2.38. The Balaban J connectivity index is 2.40. The number of hydrogen-bond donors (Lipinski definition) is 2. The van der Waals surface area contributed by atoms with Crippen molar-refractivity contribution in [2.75, 3.05) is 33.8 Å². The molecule has 0 aliphatic rings.